The first kappa shape index (κ1) is 27.7. The van der Waals surface area contributed by atoms with Crippen molar-refractivity contribution >= 4 is 54.3 Å². The predicted molar refractivity (Wildman–Crippen MR) is 208 cm³/mol. The van der Waals surface area contributed by atoms with Crippen molar-refractivity contribution in [3.63, 3.8) is 0 Å². The smallest absolute Gasteiger partial charge is 0.135 e. The lowest BCUT2D eigenvalue weighted by molar-refractivity contribution is 0.669. The first-order valence-corrected chi connectivity index (χ1v) is 16.8. The Kier molecular flexibility index (Phi) is 6.25. The lowest BCUT2D eigenvalue weighted by Gasteiger charge is -2.19. The summed E-state index contributed by atoms with van der Waals surface area (Å²) in [5.41, 5.74) is 11.6. The van der Waals surface area contributed by atoms with Crippen LogP contribution < -0.4 is 0 Å². The molecule has 0 saturated heterocycles. The molecule has 0 radical (unpaired) electrons. The minimum atomic E-state index is 0.913. The Morgan fingerprint density at radius 3 is 1.63 bits per heavy atom. The monoisotopic (exact) mass is 622 g/mol. The van der Waals surface area contributed by atoms with Crippen LogP contribution >= 0.6 is 0 Å². The Balaban J connectivity index is 1.25. The van der Waals surface area contributed by atoms with Crippen LogP contribution in [0.15, 0.2) is 186 Å². The molecule has 1 heterocycles. The summed E-state index contributed by atoms with van der Waals surface area (Å²) in [4.78, 5) is 0. The third-order valence-electron chi connectivity index (χ3n) is 10.0. The Morgan fingerprint density at radius 2 is 0.776 bits per heavy atom. The van der Waals surface area contributed by atoms with Crippen molar-refractivity contribution in [2.45, 2.75) is 0 Å². The lowest BCUT2D eigenvalue weighted by Crippen LogP contribution is -1.92. The second kappa shape index (κ2) is 11.1. The van der Waals surface area contributed by atoms with E-state index in [1.54, 1.807) is 0 Å². The van der Waals surface area contributed by atoms with Crippen LogP contribution in [0, 0.1) is 0 Å². The van der Waals surface area contributed by atoms with Gasteiger partial charge in [0.05, 0.1) is 0 Å². The van der Waals surface area contributed by atoms with E-state index in [0.717, 1.165) is 21.9 Å². The topological polar surface area (TPSA) is 13.1 Å². The van der Waals surface area contributed by atoms with Crippen molar-refractivity contribution in [3.8, 4) is 44.5 Å². The molecule has 0 N–H and O–H groups in total. The zero-order valence-corrected chi connectivity index (χ0v) is 26.7. The summed E-state index contributed by atoms with van der Waals surface area (Å²) in [6.07, 6.45) is 0. The van der Waals surface area contributed by atoms with Gasteiger partial charge in [-0.3, -0.25) is 0 Å². The number of fused-ring (bicyclic) bond motifs is 6. The minimum Gasteiger partial charge on any atom is -0.456 e. The van der Waals surface area contributed by atoms with Gasteiger partial charge in [0.2, 0.25) is 0 Å². The number of para-hydroxylation sites is 1. The maximum Gasteiger partial charge on any atom is 0.135 e. The van der Waals surface area contributed by atoms with Gasteiger partial charge in [-0.25, -0.2) is 0 Å². The first-order chi connectivity index (χ1) is 24.3. The first-order valence-electron chi connectivity index (χ1n) is 16.8. The van der Waals surface area contributed by atoms with Crippen molar-refractivity contribution < 1.29 is 4.42 Å². The third kappa shape index (κ3) is 4.55. The molecule has 0 aliphatic rings. The normalized spacial score (nSPS) is 11.7. The quantitative estimate of drug-likeness (QED) is 0.178. The highest BCUT2D eigenvalue weighted by Gasteiger charge is 2.18. The van der Waals surface area contributed by atoms with Crippen LogP contribution in [0.3, 0.4) is 0 Å². The van der Waals surface area contributed by atoms with Crippen molar-refractivity contribution in [2.24, 2.45) is 0 Å². The Morgan fingerprint density at radius 1 is 0.245 bits per heavy atom. The van der Waals surface area contributed by atoms with Crippen molar-refractivity contribution in [2.75, 3.05) is 0 Å². The maximum atomic E-state index is 6.15. The van der Waals surface area contributed by atoms with Crippen LogP contribution in [0.5, 0.6) is 0 Å². The maximum absolute atomic E-state index is 6.15. The fourth-order valence-corrected chi connectivity index (χ4v) is 7.72. The minimum absolute atomic E-state index is 0.913. The van der Waals surface area contributed by atoms with E-state index in [0.29, 0.717) is 0 Å². The lowest BCUT2D eigenvalue weighted by atomic mass is 9.84. The predicted octanol–water partition coefficient (Wildman–Crippen LogP) is 13.7. The van der Waals surface area contributed by atoms with E-state index >= 15 is 0 Å². The molecule has 0 spiro atoms. The molecule has 0 fully saturated rings. The molecule has 1 aromatic heterocycles. The van der Waals surface area contributed by atoms with E-state index in [-0.39, 0.29) is 0 Å². The molecule has 228 valence electrons. The highest BCUT2D eigenvalue weighted by Crippen LogP contribution is 2.46. The van der Waals surface area contributed by atoms with Gasteiger partial charge < -0.3 is 4.42 Å². The third-order valence-corrected chi connectivity index (χ3v) is 10.0. The van der Waals surface area contributed by atoms with Crippen molar-refractivity contribution in [1.82, 2.24) is 0 Å². The molecule has 0 unspecified atom stereocenters. The SMILES string of the molecule is c1ccc(-c2ccc3c(-c4ccc5ccccc5c4)c4ccccc4c(-c4cccc(-c5ccc6oc7ccccc7c6c5)c4)c3c2)cc1. The Hall–Kier alpha value is -6.44. The number of furan rings is 1. The Bertz CT molecular complexity index is 2870. The standard InChI is InChI=1S/C48H30O/c1-2-11-31(12-3-1)35-23-25-42-44(30-35)48(41-19-7-6-18-40(41)47(42)38-22-21-32-13-4-5-14-33(32)27-38)37-16-10-15-34(28-37)36-24-26-46-43(29-36)39-17-8-9-20-45(39)49-46/h1-30H. The van der Waals surface area contributed by atoms with Gasteiger partial charge in [-0.2, -0.15) is 0 Å². The van der Waals surface area contributed by atoms with E-state index < -0.39 is 0 Å². The van der Waals surface area contributed by atoms with Gasteiger partial charge in [0.15, 0.2) is 0 Å². The van der Waals surface area contributed by atoms with E-state index in [1.807, 2.05) is 12.1 Å². The van der Waals surface area contributed by atoms with Gasteiger partial charge in [0, 0.05) is 10.8 Å². The number of rotatable bonds is 4. The van der Waals surface area contributed by atoms with Gasteiger partial charge in [0.25, 0.3) is 0 Å². The van der Waals surface area contributed by atoms with Crippen molar-refractivity contribution in [1.29, 1.82) is 0 Å². The molecule has 9 aromatic carbocycles. The Labute approximate surface area is 284 Å². The second-order valence-corrected chi connectivity index (χ2v) is 12.9. The highest BCUT2D eigenvalue weighted by atomic mass is 16.3. The second-order valence-electron chi connectivity index (χ2n) is 12.9. The van der Waals surface area contributed by atoms with Crippen LogP contribution in [0.4, 0.5) is 0 Å². The van der Waals surface area contributed by atoms with E-state index in [4.69, 9.17) is 4.42 Å². The van der Waals surface area contributed by atoms with Crippen LogP contribution in [-0.2, 0) is 0 Å². The molecule has 1 nitrogen and oxygen atoms in total. The van der Waals surface area contributed by atoms with E-state index in [1.165, 1.54) is 76.8 Å². The van der Waals surface area contributed by atoms with Gasteiger partial charge in [0.1, 0.15) is 11.2 Å². The molecule has 0 saturated carbocycles. The summed E-state index contributed by atoms with van der Waals surface area (Å²) in [6, 6.07) is 66.0. The zero-order valence-electron chi connectivity index (χ0n) is 26.7. The molecule has 0 aliphatic heterocycles. The molecule has 0 amide bonds. The summed E-state index contributed by atoms with van der Waals surface area (Å²) in [7, 11) is 0. The molecule has 0 aliphatic carbocycles. The molecule has 1 heteroatoms. The zero-order chi connectivity index (χ0) is 32.3. The molecule has 49 heavy (non-hydrogen) atoms. The largest absolute Gasteiger partial charge is 0.456 e. The van der Waals surface area contributed by atoms with Crippen molar-refractivity contribution in [3.05, 3.63) is 182 Å². The van der Waals surface area contributed by atoms with Crippen LogP contribution in [0.1, 0.15) is 0 Å². The molecule has 10 aromatic rings. The van der Waals surface area contributed by atoms with Crippen LogP contribution in [0.25, 0.3) is 98.8 Å². The van der Waals surface area contributed by atoms with Crippen LogP contribution in [-0.4, -0.2) is 0 Å². The molecule has 0 bridgehead atoms. The number of hydrogen-bond acceptors (Lipinski definition) is 1. The van der Waals surface area contributed by atoms with E-state index in [2.05, 4.69) is 170 Å². The van der Waals surface area contributed by atoms with Crippen LogP contribution in [0.2, 0.25) is 0 Å². The average molecular weight is 623 g/mol. The average Bonchev–Trinajstić information content (AvgIpc) is 3.55. The van der Waals surface area contributed by atoms with Gasteiger partial charge in [-0.05, 0) is 113 Å². The fraction of sp³-hybridized carbons (Fsp3) is 0. The summed E-state index contributed by atoms with van der Waals surface area (Å²) in [5, 5.41) is 9.78. The fourth-order valence-electron chi connectivity index (χ4n) is 7.72. The molecule has 0 atom stereocenters. The summed E-state index contributed by atoms with van der Waals surface area (Å²) in [6.45, 7) is 0. The summed E-state index contributed by atoms with van der Waals surface area (Å²) in [5.74, 6) is 0. The highest BCUT2D eigenvalue weighted by molar-refractivity contribution is 6.22. The molecule has 10 rings (SSSR count). The molecular weight excluding hydrogens is 593 g/mol. The number of benzene rings is 9. The molecular formula is C48H30O. The summed E-state index contributed by atoms with van der Waals surface area (Å²) < 4.78 is 6.15. The van der Waals surface area contributed by atoms with Gasteiger partial charge in [-0.1, -0.05) is 146 Å². The summed E-state index contributed by atoms with van der Waals surface area (Å²) >= 11 is 0. The number of hydrogen-bond donors (Lipinski definition) is 0. The van der Waals surface area contributed by atoms with Gasteiger partial charge >= 0.3 is 0 Å². The van der Waals surface area contributed by atoms with Gasteiger partial charge in [-0.15, -0.1) is 0 Å². The van der Waals surface area contributed by atoms with E-state index in [9.17, 15) is 0 Å².